The van der Waals surface area contributed by atoms with Gasteiger partial charge in [-0.3, -0.25) is 4.79 Å². The molecule has 15 heavy (non-hydrogen) atoms. The van der Waals surface area contributed by atoms with Crippen LogP contribution in [0.4, 0.5) is 13.2 Å². The summed E-state index contributed by atoms with van der Waals surface area (Å²) < 4.78 is 37.6. The first-order chi connectivity index (χ1) is 6.97. The van der Waals surface area contributed by atoms with E-state index in [-0.39, 0.29) is 0 Å². The molecule has 1 heterocycles. The fourth-order valence-electron chi connectivity index (χ4n) is 0.939. The molecule has 0 saturated heterocycles. The SMILES string of the molecule is N#Cc1cc(F)c(C(F)F)c(C(=O)Cl)n1. The van der Waals surface area contributed by atoms with Gasteiger partial charge in [-0.15, -0.1) is 0 Å². The molecule has 1 rings (SSSR count). The molecule has 0 spiro atoms. The van der Waals surface area contributed by atoms with Crippen molar-refractivity contribution in [2.75, 3.05) is 0 Å². The van der Waals surface area contributed by atoms with Crippen molar-refractivity contribution in [1.82, 2.24) is 4.98 Å². The zero-order chi connectivity index (χ0) is 11.6. The molecule has 0 atom stereocenters. The minimum atomic E-state index is -3.22. The standard InChI is InChI=1S/C8H2ClF3N2O/c9-7(15)6-5(8(11)12)4(10)1-3(2-13)14-6/h1,8H. The van der Waals surface area contributed by atoms with Gasteiger partial charge in [-0.05, 0) is 11.6 Å². The van der Waals surface area contributed by atoms with Crippen LogP contribution in [0.25, 0.3) is 0 Å². The Morgan fingerprint density at radius 3 is 2.60 bits per heavy atom. The second kappa shape index (κ2) is 4.28. The third-order valence-corrected chi connectivity index (χ3v) is 1.71. The van der Waals surface area contributed by atoms with E-state index in [0.29, 0.717) is 6.07 Å². The maximum absolute atomic E-state index is 13.0. The van der Waals surface area contributed by atoms with E-state index in [1.165, 1.54) is 6.07 Å². The average Bonchev–Trinajstić information content (AvgIpc) is 2.15. The molecule has 0 amide bonds. The summed E-state index contributed by atoms with van der Waals surface area (Å²) in [6.45, 7) is 0. The van der Waals surface area contributed by atoms with Crippen LogP contribution in [0.3, 0.4) is 0 Å². The number of nitrogens with zero attached hydrogens (tertiary/aromatic N) is 2. The summed E-state index contributed by atoms with van der Waals surface area (Å²) in [5.74, 6) is -1.37. The average molecular weight is 235 g/mol. The van der Waals surface area contributed by atoms with Gasteiger partial charge in [0.05, 0.1) is 5.56 Å². The van der Waals surface area contributed by atoms with Crippen LogP contribution < -0.4 is 0 Å². The highest BCUT2D eigenvalue weighted by Crippen LogP contribution is 2.26. The van der Waals surface area contributed by atoms with Crippen LogP contribution in [0.15, 0.2) is 6.07 Å². The van der Waals surface area contributed by atoms with Gasteiger partial charge < -0.3 is 0 Å². The highest BCUT2D eigenvalue weighted by Gasteiger charge is 2.24. The molecule has 0 saturated carbocycles. The van der Waals surface area contributed by atoms with Gasteiger partial charge >= 0.3 is 0 Å². The van der Waals surface area contributed by atoms with E-state index >= 15 is 0 Å². The van der Waals surface area contributed by atoms with E-state index in [0.717, 1.165) is 0 Å². The van der Waals surface area contributed by atoms with Gasteiger partial charge in [0.25, 0.3) is 11.7 Å². The minimum absolute atomic E-state index is 0.485. The summed E-state index contributed by atoms with van der Waals surface area (Å²) in [5.41, 5.74) is -2.60. The first kappa shape index (κ1) is 11.5. The van der Waals surface area contributed by atoms with Crippen molar-refractivity contribution < 1.29 is 18.0 Å². The number of hydrogen-bond acceptors (Lipinski definition) is 3. The summed E-state index contributed by atoms with van der Waals surface area (Å²) in [5, 5.41) is 7.04. The van der Waals surface area contributed by atoms with Crippen LogP contribution in [0, 0.1) is 17.1 Å². The topological polar surface area (TPSA) is 53.8 Å². The number of alkyl halides is 2. The molecule has 0 aliphatic heterocycles. The molecule has 0 unspecified atom stereocenters. The third-order valence-electron chi connectivity index (χ3n) is 1.53. The van der Waals surface area contributed by atoms with E-state index in [2.05, 4.69) is 4.98 Å². The van der Waals surface area contributed by atoms with Crippen LogP contribution >= 0.6 is 11.6 Å². The number of hydrogen-bond donors (Lipinski definition) is 0. The van der Waals surface area contributed by atoms with Gasteiger partial charge in [0.1, 0.15) is 23.3 Å². The van der Waals surface area contributed by atoms with Crippen molar-refractivity contribution in [3.63, 3.8) is 0 Å². The molecule has 1 aromatic rings. The van der Waals surface area contributed by atoms with Gasteiger partial charge in [-0.1, -0.05) is 0 Å². The largest absolute Gasteiger partial charge is 0.274 e. The van der Waals surface area contributed by atoms with Crippen LogP contribution in [0.5, 0.6) is 0 Å². The summed E-state index contributed by atoms with van der Waals surface area (Å²) in [6, 6.07) is 1.94. The van der Waals surface area contributed by atoms with Crippen molar-refractivity contribution in [3.8, 4) is 6.07 Å². The highest BCUT2D eigenvalue weighted by molar-refractivity contribution is 6.67. The van der Waals surface area contributed by atoms with Crippen LogP contribution in [-0.2, 0) is 0 Å². The summed E-state index contributed by atoms with van der Waals surface area (Å²) in [4.78, 5) is 13.9. The number of nitriles is 1. The van der Waals surface area contributed by atoms with E-state index < -0.39 is 34.4 Å². The molecule has 7 heteroatoms. The molecule has 0 aromatic carbocycles. The number of halogens is 4. The van der Waals surface area contributed by atoms with Gasteiger partial charge in [-0.25, -0.2) is 18.2 Å². The van der Waals surface area contributed by atoms with Crippen molar-refractivity contribution in [2.45, 2.75) is 6.43 Å². The molecule has 0 fully saturated rings. The number of pyridine rings is 1. The Balaban J connectivity index is 3.51. The predicted molar refractivity (Wildman–Crippen MR) is 44.1 cm³/mol. The smallest absolute Gasteiger partial charge is 0.271 e. The Bertz CT molecular complexity index is 456. The fraction of sp³-hybridized carbons (Fsp3) is 0.125. The van der Waals surface area contributed by atoms with E-state index in [4.69, 9.17) is 16.9 Å². The second-order valence-electron chi connectivity index (χ2n) is 2.44. The molecular weight excluding hydrogens is 233 g/mol. The molecule has 0 aliphatic rings. The lowest BCUT2D eigenvalue weighted by molar-refractivity contribution is 0.105. The lowest BCUT2D eigenvalue weighted by Crippen LogP contribution is -2.07. The lowest BCUT2D eigenvalue weighted by Gasteiger charge is -2.05. The van der Waals surface area contributed by atoms with E-state index in [9.17, 15) is 18.0 Å². The quantitative estimate of drug-likeness (QED) is 0.739. The number of carbonyl (C=O) groups is 1. The molecule has 0 aliphatic carbocycles. The maximum Gasteiger partial charge on any atom is 0.271 e. The summed E-state index contributed by atoms with van der Waals surface area (Å²) >= 11 is 4.94. The highest BCUT2D eigenvalue weighted by atomic mass is 35.5. The maximum atomic E-state index is 13.0. The second-order valence-corrected chi connectivity index (χ2v) is 2.78. The van der Waals surface area contributed by atoms with Crippen LogP contribution in [0.2, 0.25) is 0 Å². The zero-order valence-corrected chi connectivity index (χ0v) is 7.73. The van der Waals surface area contributed by atoms with Gasteiger partial charge in [0.2, 0.25) is 0 Å². The number of rotatable bonds is 2. The Morgan fingerprint density at radius 1 is 1.60 bits per heavy atom. The normalized spacial score (nSPS) is 10.1. The third kappa shape index (κ3) is 2.25. The van der Waals surface area contributed by atoms with E-state index in [1.807, 2.05) is 0 Å². The Hall–Kier alpha value is -1.61. The van der Waals surface area contributed by atoms with Crippen molar-refractivity contribution in [1.29, 1.82) is 5.26 Å². The van der Waals surface area contributed by atoms with E-state index in [1.54, 1.807) is 0 Å². The molecule has 1 aromatic heterocycles. The van der Waals surface area contributed by atoms with Crippen molar-refractivity contribution >= 4 is 16.8 Å². The molecule has 78 valence electrons. The first-order valence-corrected chi connectivity index (χ1v) is 3.93. The first-order valence-electron chi connectivity index (χ1n) is 3.56. The molecule has 0 bridgehead atoms. The Labute approximate surface area is 87.1 Å². The zero-order valence-electron chi connectivity index (χ0n) is 6.97. The molecule has 0 N–H and O–H groups in total. The van der Waals surface area contributed by atoms with Crippen LogP contribution in [-0.4, -0.2) is 10.2 Å². The van der Waals surface area contributed by atoms with Crippen LogP contribution in [0.1, 0.15) is 28.2 Å². The molecule has 0 radical (unpaired) electrons. The number of carbonyl (C=O) groups excluding carboxylic acids is 1. The van der Waals surface area contributed by atoms with Gasteiger partial charge in [0, 0.05) is 6.07 Å². The monoisotopic (exact) mass is 234 g/mol. The predicted octanol–water partition coefficient (Wildman–Crippen LogP) is 2.41. The Kier molecular flexibility index (Phi) is 3.27. The summed E-state index contributed by atoms with van der Waals surface area (Å²) in [7, 11) is 0. The fourth-order valence-corrected chi connectivity index (χ4v) is 1.08. The minimum Gasteiger partial charge on any atom is -0.274 e. The molecular formula is C8H2ClF3N2O. The molecule has 3 nitrogen and oxygen atoms in total. The lowest BCUT2D eigenvalue weighted by atomic mass is 10.1. The number of aromatic nitrogens is 1. The van der Waals surface area contributed by atoms with Crippen molar-refractivity contribution in [3.05, 3.63) is 28.8 Å². The van der Waals surface area contributed by atoms with Gasteiger partial charge in [0.15, 0.2) is 0 Å². The van der Waals surface area contributed by atoms with Crippen molar-refractivity contribution in [2.24, 2.45) is 0 Å². The van der Waals surface area contributed by atoms with Gasteiger partial charge in [-0.2, -0.15) is 5.26 Å². The Morgan fingerprint density at radius 2 is 2.20 bits per heavy atom. The summed E-state index contributed by atoms with van der Waals surface area (Å²) in [6.07, 6.45) is -3.22.